The highest BCUT2D eigenvalue weighted by atomic mass is 16.3. The van der Waals surface area contributed by atoms with Gasteiger partial charge in [0, 0.05) is 13.0 Å². The van der Waals surface area contributed by atoms with Gasteiger partial charge in [-0.25, -0.2) is 0 Å². The van der Waals surface area contributed by atoms with E-state index in [1.54, 1.807) is 13.8 Å². The minimum atomic E-state index is -0.812. The molecule has 0 aliphatic carbocycles. The summed E-state index contributed by atoms with van der Waals surface area (Å²) in [6, 6.07) is 0. The number of rotatable bonds is 4. The van der Waals surface area contributed by atoms with Crippen molar-refractivity contribution in [2.24, 2.45) is 5.92 Å². The molecule has 0 saturated carbocycles. The van der Waals surface area contributed by atoms with E-state index in [9.17, 15) is 9.90 Å². The van der Waals surface area contributed by atoms with Crippen LogP contribution in [0.1, 0.15) is 20.3 Å². The predicted octanol–water partition coefficient (Wildman–Crippen LogP) is -0.517. The molecule has 0 radical (unpaired) electrons. The van der Waals surface area contributed by atoms with Gasteiger partial charge in [-0.15, -0.1) is 0 Å². The fraction of sp³-hybridized carbons (Fsp3) is 0.889. The molecule has 0 aromatic heterocycles. The molecule has 0 unspecified atom stereocenters. The lowest BCUT2D eigenvalue weighted by molar-refractivity contribution is -0.123. The molecule has 1 aliphatic rings. The molecule has 1 aliphatic heterocycles. The number of hydrogen-bond acceptors (Lipinski definition) is 3. The van der Waals surface area contributed by atoms with Crippen molar-refractivity contribution in [1.82, 2.24) is 10.6 Å². The van der Waals surface area contributed by atoms with Crippen LogP contribution in [0.2, 0.25) is 0 Å². The summed E-state index contributed by atoms with van der Waals surface area (Å²) >= 11 is 0. The van der Waals surface area contributed by atoms with E-state index < -0.39 is 5.60 Å². The first-order chi connectivity index (χ1) is 5.97. The maximum atomic E-state index is 11.2. The Morgan fingerprint density at radius 2 is 2.23 bits per heavy atom. The molecule has 0 aromatic carbocycles. The van der Waals surface area contributed by atoms with E-state index in [1.165, 1.54) is 0 Å². The standard InChI is InChI=1S/C9H18N2O2/c1-9(2,13)6-11-8(12)3-7-4-10-5-7/h7,10,13H,3-6H2,1-2H3,(H,11,12). The van der Waals surface area contributed by atoms with Gasteiger partial charge in [0.15, 0.2) is 0 Å². The van der Waals surface area contributed by atoms with Crippen molar-refractivity contribution in [2.45, 2.75) is 25.9 Å². The van der Waals surface area contributed by atoms with Crippen molar-refractivity contribution in [3.63, 3.8) is 0 Å². The van der Waals surface area contributed by atoms with Crippen LogP contribution in [0, 0.1) is 5.92 Å². The molecule has 3 N–H and O–H groups in total. The third kappa shape index (κ3) is 4.24. The molecule has 1 fully saturated rings. The first kappa shape index (κ1) is 10.5. The van der Waals surface area contributed by atoms with Gasteiger partial charge in [0.05, 0.1) is 5.60 Å². The fourth-order valence-corrected chi connectivity index (χ4v) is 1.14. The molecular weight excluding hydrogens is 168 g/mol. The normalized spacial score (nSPS) is 18.1. The number of amides is 1. The van der Waals surface area contributed by atoms with Gasteiger partial charge in [-0.05, 0) is 32.9 Å². The Hall–Kier alpha value is -0.610. The second kappa shape index (κ2) is 4.07. The van der Waals surface area contributed by atoms with Gasteiger partial charge in [0.2, 0.25) is 5.91 Å². The van der Waals surface area contributed by atoms with Crippen LogP contribution in [0.3, 0.4) is 0 Å². The second-order valence-electron chi connectivity index (χ2n) is 4.32. The Morgan fingerprint density at radius 3 is 2.62 bits per heavy atom. The molecule has 76 valence electrons. The van der Waals surface area contributed by atoms with Gasteiger partial charge in [0.25, 0.3) is 0 Å². The molecule has 0 spiro atoms. The first-order valence-corrected chi connectivity index (χ1v) is 4.67. The predicted molar refractivity (Wildman–Crippen MR) is 50.3 cm³/mol. The lowest BCUT2D eigenvalue weighted by Crippen LogP contribution is -2.46. The van der Waals surface area contributed by atoms with Gasteiger partial charge in [-0.3, -0.25) is 4.79 Å². The van der Waals surface area contributed by atoms with E-state index in [4.69, 9.17) is 0 Å². The van der Waals surface area contributed by atoms with Gasteiger partial charge in [0.1, 0.15) is 0 Å². The molecule has 1 amide bonds. The number of nitrogens with one attached hydrogen (secondary N) is 2. The number of hydrogen-bond donors (Lipinski definition) is 3. The maximum Gasteiger partial charge on any atom is 0.220 e. The summed E-state index contributed by atoms with van der Waals surface area (Å²) in [5.41, 5.74) is -0.812. The zero-order chi connectivity index (χ0) is 9.90. The zero-order valence-corrected chi connectivity index (χ0v) is 8.26. The van der Waals surface area contributed by atoms with Crippen LogP contribution in [0.15, 0.2) is 0 Å². The van der Waals surface area contributed by atoms with Crippen LogP contribution in [-0.4, -0.2) is 36.2 Å². The Bertz CT molecular complexity index is 183. The first-order valence-electron chi connectivity index (χ1n) is 4.67. The summed E-state index contributed by atoms with van der Waals surface area (Å²) in [4.78, 5) is 11.2. The van der Waals surface area contributed by atoms with Crippen LogP contribution in [-0.2, 0) is 4.79 Å². The summed E-state index contributed by atoms with van der Waals surface area (Å²) in [6.45, 7) is 5.56. The van der Waals surface area contributed by atoms with Crippen LogP contribution in [0.4, 0.5) is 0 Å². The summed E-state index contributed by atoms with van der Waals surface area (Å²) in [5.74, 6) is 0.524. The van der Waals surface area contributed by atoms with Gasteiger partial charge >= 0.3 is 0 Å². The van der Waals surface area contributed by atoms with E-state index in [-0.39, 0.29) is 5.91 Å². The van der Waals surface area contributed by atoms with Crippen LogP contribution >= 0.6 is 0 Å². The average Bonchev–Trinajstić information content (AvgIpc) is 1.91. The van der Waals surface area contributed by atoms with Crippen LogP contribution in [0.5, 0.6) is 0 Å². The van der Waals surface area contributed by atoms with E-state index >= 15 is 0 Å². The van der Waals surface area contributed by atoms with Crippen molar-refractivity contribution in [2.75, 3.05) is 19.6 Å². The molecule has 4 heteroatoms. The molecule has 1 rings (SSSR count). The number of carbonyl (C=O) groups excluding carboxylic acids is 1. The van der Waals surface area contributed by atoms with Crippen molar-refractivity contribution in [3.8, 4) is 0 Å². The highest BCUT2D eigenvalue weighted by Gasteiger charge is 2.21. The Labute approximate surface area is 78.7 Å². The largest absolute Gasteiger partial charge is 0.389 e. The minimum Gasteiger partial charge on any atom is -0.389 e. The van der Waals surface area contributed by atoms with Crippen LogP contribution in [0.25, 0.3) is 0 Å². The highest BCUT2D eigenvalue weighted by molar-refractivity contribution is 5.76. The van der Waals surface area contributed by atoms with Crippen LogP contribution < -0.4 is 10.6 Å². The minimum absolute atomic E-state index is 0.0358. The third-order valence-electron chi connectivity index (χ3n) is 2.06. The van der Waals surface area contributed by atoms with E-state index in [0.29, 0.717) is 18.9 Å². The molecule has 1 heterocycles. The third-order valence-corrected chi connectivity index (χ3v) is 2.06. The van der Waals surface area contributed by atoms with Gasteiger partial charge < -0.3 is 15.7 Å². The quantitative estimate of drug-likeness (QED) is 0.554. The fourth-order valence-electron chi connectivity index (χ4n) is 1.14. The molecule has 0 bridgehead atoms. The Balaban J connectivity index is 2.10. The summed E-state index contributed by atoms with van der Waals surface area (Å²) in [7, 11) is 0. The lowest BCUT2D eigenvalue weighted by atomic mass is 9.99. The van der Waals surface area contributed by atoms with Gasteiger partial charge in [-0.2, -0.15) is 0 Å². The van der Waals surface area contributed by atoms with Crippen molar-refractivity contribution >= 4 is 5.91 Å². The summed E-state index contributed by atoms with van der Waals surface area (Å²) < 4.78 is 0. The lowest BCUT2D eigenvalue weighted by Gasteiger charge is -2.27. The van der Waals surface area contributed by atoms with Crippen molar-refractivity contribution in [1.29, 1.82) is 0 Å². The summed E-state index contributed by atoms with van der Waals surface area (Å²) in [6.07, 6.45) is 0.572. The zero-order valence-electron chi connectivity index (χ0n) is 8.26. The summed E-state index contributed by atoms with van der Waals surface area (Å²) in [5, 5.41) is 15.2. The Morgan fingerprint density at radius 1 is 1.62 bits per heavy atom. The maximum absolute atomic E-state index is 11.2. The van der Waals surface area contributed by atoms with Crippen molar-refractivity contribution in [3.05, 3.63) is 0 Å². The molecule has 0 aromatic rings. The smallest absolute Gasteiger partial charge is 0.220 e. The SMILES string of the molecule is CC(C)(O)CNC(=O)CC1CNC1. The molecular formula is C9H18N2O2. The molecule has 0 atom stereocenters. The molecule has 1 saturated heterocycles. The van der Waals surface area contributed by atoms with Gasteiger partial charge in [-0.1, -0.05) is 0 Å². The highest BCUT2D eigenvalue weighted by Crippen LogP contribution is 2.07. The number of aliphatic hydroxyl groups is 1. The molecule has 13 heavy (non-hydrogen) atoms. The van der Waals surface area contributed by atoms with E-state index in [2.05, 4.69) is 10.6 Å². The monoisotopic (exact) mass is 186 g/mol. The average molecular weight is 186 g/mol. The van der Waals surface area contributed by atoms with E-state index in [0.717, 1.165) is 13.1 Å². The topological polar surface area (TPSA) is 61.4 Å². The Kier molecular flexibility index (Phi) is 3.27. The number of carbonyl (C=O) groups is 1. The van der Waals surface area contributed by atoms with E-state index in [1.807, 2.05) is 0 Å². The molecule has 4 nitrogen and oxygen atoms in total. The second-order valence-corrected chi connectivity index (χ2v) is 4.32. The van der Waals surface area contributed by atoms with Crippen molar-refractivity contribution < 1.29 is 9.90 Å².